The van der Waals surface area contributed by atoms with E-state index in [4.69, 9.17) is 0 Å². The Morgan fingerprint density at radius 1 is 1.35 bits per heavy atom. The molecule has 0 aliphatic carbocycles. The van der Waals surface area contributed by atoms with E-state index < -0.39 is 16.1 Å². The van der Waals surface area contributed by atoms with Crippen molar-refractivity contribution in [3.63, 3.8) is 0 Å². The number of nitrogens with one attached hydrogen (secondary N) is 1. The fraction of sp³-hybridized carbons (Fsp3) is 0.533. The first-order valence-electron chi connectivity index (χ1n) is 7.27. The molecule has 5 nitrogen and oxygen atoms in total. The van der Waals surface area contributed by atoms with Crippen molar-refractivity contribution in [2.45, 2.75) is 25.9 Å². The lowest BCUT2D eigenvalue weighted by Crippen LogP contribution is -2.47. The van der Waals surface area contributed by atoms with Gasteiger partial charge in [0.25, 0.3) is 0 Å². The maximum Gasteiger partial charge on any atom is 0.240 e. The van der Waals surface area contributed by atoms with Crippen LogP contribution in [-0.2, 0) is 21.4 Å². The van der Waals surface area contributed by atoms with Gasteiger partial charge in [0.2, 0.25) is 15.9 Å². The van der Waals surface area contributed by atoms with Crippen molar-refractivity contribution < 1.29 is 17.6 Å². The van der Waals surface area contributed by atoms with Gasteiger partial charge in [-0.05, 0) is 43.0 Å². The van der Waals surface area contributed by atoms with Crippen LogP contribution in [0.25, 0.3) is 0 Å². The third-order valence-corrected chi connectivity index (χ3v) is 5.37. The van der Waals surface area contributed by atoms with Crippen molar-refractivity contribution in [2.24, 2.45) is 0 Å². The number of carbonyl (C=O) groups is 1. The Morgan fingerprint density at radius 2 is 1.96 bits per heavy atom. The minimum Gasteiger partial charge on any atom is -0.340 e. The highest BCUT2D eigenvalue weighted by Gasteiger charge is 2.25. The van der Waals surface area contributed by atoms with Gasteiger partial charge in [0, 0.05) is 13.6 Å². The molecule has 0 aromatic heterocycles. The summed E-state index contributed by atoms with van der Waals surface area (Å²) in [5.74, 6) is -0.0261. The van der Waals surface area contributed by atoms with Gasteiger partial charge in [-0.25, -0.2) is 17.5 Å². The van der Waals surface area contributed by atoms with Crippen molar-refractivity contribution in [3.8, 4) is 0 Å². The minimum atomic E-state index is -3.46. The largest absolute Gasteiger partial charge is 0.340 e. The van der Waals surface area contributed by atoms with Gasteiger partial charge in [0.15, 0.2) is 0 Å². The van der Waals surface area contributed by atoms with Gasteiger partial charge in [-0.3, -0.25) is 4.79 Å². The molecule has 0 aliphatic rings. The number of rotatable bonds is 9. The molecule has 8 heteroatoms. The van der Waals surface area contributed by atoms with Crippen molar-refractivity contribution in [1.82, 2.24) is 9.62 Å². The Kier molecular flexibility index (Phi) is 8.01. The van der Waals surface area contributed by atoms with Gasteiger partial charge >= 0.3 is 0 Å². The number of carbonyl (C=O) groups excluding carboxylic acids is 1. The molecule has 0 heterocycles. The first-order valence-corrected chi connectivity index (χ1v) is 10.3. The van der Waals surface area contributed by atoms with E-state index in [-0.39, 0.29) is 17.5 Å². The number of thioether (sulfide) groups is 1. The van der Waals surface area contributed by atoms with E-state index in [1.165, 1.54) is 24.0 Å². The molecular weight excluding hydrogens is 339 g/mol. The van der Waals surface area contributed by atoms with Crippen LogP contribution in [0.15, 0.2) is 24.3 Å². The van der Waals surface area contributed by atoms with Gasteiger partial charge in [0.1, 0.15) is 11.9 Å². The fourth-order valence-corrected chi connectivity index (χ4v) is 3.27. The Morgan fingerprint density at radius 3 is 2.48 bits per heavy atom. The van der Waals surface area contributed by atoms with Gasteiger partial charge in [-0.15, -0.1) is 0 Å². The molecule has 1 amide bonds. The van der Waals surface area contributed by atoms with Crippen LogP contribution in [0.4, 0.5) is 4.39 Å². The third-order valence-electron chi connectivity index (χ3n) is 3.32. The average Bonchev–Trinajstić information content (AvgIpc) is 2.52. The van der Waals surface area contributed by atoms with Gasteiger partial charge in [-0.1, -0.05) is 12.1 Å². The first kappa shape index (κ1) is 19.9. The molecule has 1 aromatic carbocycles. The Hall–Kier alpha value is -1.12. The second kappa shape index (κ2) is 9.24. The lowest BCUT2D eigenvalue weighted by Gasteiger charge is -2.24. The monoisotopic (exact) mass is 362 g/mol. The maximum absolute atomic E-state index is 12.9. The number of nitrogens with zero attached hydrogens (tertiary/aromatic N) is 1. The van der Waals surface area contributed by atoms with Crippen LogP contribution >= 0.6 is 11.8 Å². The highest BCUT2D eigenvalue weighted by Crippen LogP contribution is 2.10. The number of halogens is 1. The molecule has 0 bridgehead atoms. The zero-order valence-corrected chi connectivity index (χ0v) is 15.2. The number of hydrogen-bond acceptors (Lipinski definition) is 4. The van der Waals surface area contributed by atoms with Crippen molar-refractivity contribution >= 4 is 27.7 Å². The van der Waals surface area contributed by atoms with E-state index in [2.05, 4.69) is 4.72 Å². The lowest BCUT2D eigenvalue weighted by atomic mass is 10.1. The number of sulfonamides is 1. The van der Waals surface area contributed by atoms with Crippen LogP contribution in [0.1, 0.15) is 18.9 Å². The SMILES string of the molecule is CCS(=O)(=O)NC(CCSC)C(=O)N(C)Cc1ccc(F)cc1. The average molecular weight is 362 g/mol. The predicted octanol–water partition coefficient (Wildman–Crippen LogP) is 1.85. The minimum absolute atomic E-state index is 0.0717. The van der Waals surface area contributed by atoms with Crippen LogP contribution in [0, 0.1) is 5.82 Å². The molecule has 0 aliphatic heterocycles. The summed E-state index contributed by atoms with van der Waals surface area (Å²) >= 11 is 1.55. The molecule has 1 N–H and O–H groups in total. The molecule has 23 heavy (non-hydrogen) atoms. The highest BCUT2D eigenvalue weighted by atomic mass is 32.2. The molecule has 1 unspecified atom stereocenters. The quantitative estimate of drug-likeness (QED) is 0.728. The van der Waals surface area contributed by atoms with Crippen LogP contribution in [0.5, 0.6) is 0 Å². The second-order valence-corrected chi connectivity index (χ2v) is 8.20. The van der Waals surface area contributed by atoms with Gasteiger partial charge in [-0.2, -0.15) is 11.8 Å². The van der Waals surface area contributed by atoms with Crippen molar-refractivity contribution in [3.05, 3.63) is 35.6 Å². The Labute approximate surface area is 141 Å². The van der Waals surface area contributed by atoms with Crippen LogP contribution in [-0.4, -0.2) is 50.1 Å². The number of amides is 1. The van der Waals surface area contributed by atoms with E-state index in [1.54, 1.807) is 30.9 Å². The molecule has 1 rings (SSSR count). The van der Waals surface area contributed by atoms with Gasteiger partial charge in [0.05, 0.1) is 5.75 Å². The summed E-state index contributed by atoms with van der Waals surface area (Å²) in [6, 6.07) is 5.09. The van der Waals surface area contributed by atoms with E-state index in [9.17, 15) is 17.6 Å². The van der Waals surface area contributed by atoms with Crippen LogP contribution in [0.3, 0.4) is 0 Å². The Bertz CT molecular complexity index is 606. The fourth-order valence-electron chi connectivity index (χ4n) is 1.98. The lowest BCUT2D eigenvalue weighted by molar-refractivity contribution is -0.132. The molecule has 1 atom stereocenters. The van der Waals surface area contributed by atoms with E-state index in [1.807, 2.05) is 6.26 Å². The summed E-state index contributed by atoms with van der Waals surface area (Å²) in [4.78, 5) is 14.0. The zero-order valence-electron chi connectivity index (χ0n) is 13.6. The van der Waals surface area contributed by atoms with Crippen LogP contribution in [0.2, 0.25) is 0 Å². The maximum atomic E-state index is 12.9. The van der Waals surface area contributed by atoms with Crippen molar-refractivity contribution in [1.29, 1.82) is 0 Å². The van der Waals surface area contributed by atoms with E-state index in [0.29, 0.717) is 18.7 Å². The predicted molar refractivity (Wildman–Crippen MR) is 92.3 cm³/mol. The first-order chi connectivity index (χ1) is 10.8. The summed E-state index contributed by atoms with van der Waals surface area (Å²) in [7, 11) is -1.85. The summed E-state index contributed by atoms with van der Waals surface area (Å²) in [5.41, 5.74) is 0.782. The third kappa shape index (κ3) is 6.88. The summed E-state index contributed by atoms with van der Waals surface area (Å²) in [6.45, 7) is 1.82. The molecular formula is C15H23FN2O3S2. The summed E-state index contributed by atoms with van der Waals surface area (Å²) < 4.78 is 38.9. The number of likely N-dealkylation sites (N-methyl/N-ethyl adjacent to an activating group) is 1. The summed E-state index contributed by atoms with van der Waals surface area (Å²) in [6.07, 6.45) is 2.32. The number of benzene rings is 1. The van der Waals surface area contributed by atoms with Crippen LogP contribution < -0.4 is 4.72 Å². The highest BCUT2D eigenvalue weighted by molar-refractivity contribution is 7.98. The molecule has 0 spiro atoms. The molecule has 130 valence electrons. The molecule has 0 fully saturated rings. The Balaban J connectivity index is 2.79. The smallest absolute Gasteiger partial charge is 0.240 e. The van der Waals surface area contributed by atoms with Crippen molar-refractivity contribution in [2.75, 3.05) is 24.8 Å². The normalized spacial score (nSPS) is 12.9. The van der Waals surface area contributed by atoms with Gasteiger partial charge < -0.3 is 4.90 Å². The molecule has 0 saturated carbocycles. The van der Waals surface area contributed by atoms with E-state index in [0.717, 1.165) is 5.56 Å². The zero-order chi connectivity index (χ0) is 17.5. The molecule has 1 aromatic rings. The number of hydrogen-bond donors (Lipinski definition) is 1. The van der Waals surface area contributed by atoms with E-state index >= 15 is 0 Å². The molecule has 0 radical (unpaired) electrons. The second-order valence-electron chi connectivity index (χ2n) is 5.18. The molecule has 0 saturated heterocycles. The standard InChI is InChI=1S/C15H23FN2O3S2/c1-4-23(20,21)17-14(9-10-22-3)15(19)18(2)11-12-5-7-13(16)8-6-12/h5-8,14,17H,4,9-11H2,1-3H3. The summed E-state index contributed by atoms with van der Waals surface area (Å²) in [5, 5.41) is 0. The topological polar surface area (TPSA) is 66.5 Å².